The quantitative estimate of drug-likeness (QED) is 0.423. The van der Waals surface area contributed by atoms with Crippen molar-refractivity contribution in [3.8, 4) is 17.0 Å². The van der Waals surface area contributed by atoms with Crippen molar-refractivity contribution in [1.29, 1.82) is 0 Å². The van der Waals surface area contributed by atoms with E-state index in [0.717, 1.165) is 44.9 Å². The number of thiophene rings is 1. The van der Waals surface area contributed by atoms with E-state index in [9.17, 15) is 4.79 Å². The number of rotatable bonds is 6. The van der Waals surface area contributed by atoms with Crippen LogP contribution in [-0.2, 0) is 12.5 Å². The lowest BCUT2D eigenvalue weighted by molar-refractivity contribution is 0.0947. The van der Waals surface area contributed by atoms with Gasteiger partial charge in [-0.25, -0.2) is 0 Å². The largest absolute Gasteiger partial charge is 0.497 e. The second-order valence-electron chi connectivity index (χ2n) is 8.57. The molecule has 4 aromatic rings. The second-order valence-corrected chi connectivity index (χ2v) is 9.60. The lowest BCUT2D eigenvalue weighted by atomic mass is 9.79. The molecule has 0 aliphatic heterocycles. The van der Waals surface area contributed by atoms with Gasteiger partial charge in [0.15, 0.2) is 0 Å². The molecule has 5 nitrogen and oxygen atoms in total. The molecule has 1 N–H and O–H groups in total. The maximum absolute atomic E-state index is 13.2. The molecule has 6 heteroatoms. The summed E-state index contributed by atoms with van der Waals surface area (Å²) in [6.45, 7) is 0.672. The number of nitrogens with one attached hydrogen (secondary N) is 1. The molecule has 164 valence electrons. The highest BCUT2D eigenvalue weighted by Gasteiger charge is 2.36. The maximum Gasteiger partial charge on any atom is 0.261 e. The molecule has 5 rings (SSSR count). The minimum absolute atomic E-state index is 0.00926. The number of fused-ring (bicyclic) bond motifs is 1. The zero-order valence-corrected chi connectivity index (χ0v) is 19.2. The molecule has 1 amide bonds. The van der Waals surface area contributed by atoms with Crippen molar-refractivity contribution in [2.45, 2.75) is 31.1 Å². The Bertz CT molecular complexity index is 1250. The molecular formula is C26H27N3O2S. The third kappa shape index (κ3) is 3.69. The summed E-state index contributed by atoms with van der Waals surface area (Å²) in [5.41, 5.74) is 3.22. The average Bonchev–Trinajstić information content (AvgIpc) is 3.56. The first-order valence-electron chi connectivity index (χ1n) is 11.0. The summed E-state index contributed by atoms with van der Waals surface area (Å²) in [5.74, 6) is 0.780. The van der Waals surface area contributed by atoms with E-state index in [0.29, 0.717) is 6.54 Å². The number of carbonyl (C=O) groups is 1. The Morgan fingerprint density at radius 1 is 1.12 bits per heavy atom. The topological polar surface area (TPSA) is 56.2 Å². The van der Waals surface area contributed by atoms with Crippen LogP contribution in [-0.4, -0.2) is 29.3 Å². The van der Waals surface area contributed by atoms with E-state index < -0.39 is 0 Å². The maximum atomic E-state index is 13.2. The predicted molar refractivity (Wildman–Crippen MR) is 130 cm³/mol. The number of amides is 1. The third-order valence-electron chi connectivity index (χ3n) is 6.61. The Kier molecular flexibility index (Phi) is 5.47. The number of aromatic nitrogens is 2. The van der Waals surface area contributed by atoms with E-state index >= 15 is 0 Å². The van der Waals surface area contributed by atoms with Gasteiger partial charge in [0.1, 0.15) is 16.3 Å². The molecule has 0 spiro atoms. The highest BCUT2D eigenvalue weighted by atomic mass is 32.1. The molecule has 1 saturated carbocycles. The van der Waals surface area contributed by atoms with Gasteiger partial charge in [-0.1, -0.05) is 55.3 Å². The summed E-state index contributed by atoms with van der Waals surface area (Å²) >= 11 is 1.49. The molecule has 0 saturated heterocycles. The van der Waals surface area contributed by atoms with Gasteiger partial charge in [0.2, 0.25) is 0 Å². The van der Waals surface area contributed by atoms with Crippen LogP contribution in [0.5, 0.6) is 5.75 Å². The van der Waals surface area contributed by atoms with Gasteiger partial charge in [-0.2, -0.15) is 5.10 Å². The van der Waals surface area contributed by atoms with E-state index in [1.807, 2.05) is 42.1 Å². The van der Waals surface area contributed by atoms with Crippen molar-refractivity contribution in [3.05, 3.63) is 71.1 Å². The van der Waals surface area contributed by atoms with Crippen LogP contribution in [0.25, 0.3) is 21.5 Å². The molecular weight excluding hydrogens is 418 g/mol. The van der Waals surface area contributed by atoms with E-state index in [-0.39, 0.29) is 11.3 Å². The van der Waals surface area contributed by atoms with Gasteiger partial charge in [0, 0.05) is 30.0 Å². The second kappa shape index (κ2) is 8.43. The van der Waals surface area contributed by atoms with Crippen LogP contribution in [0.1, 0.15) is 40.9 Å². The first-order chi connectivity index (χ1) is 15.6. The van der Waals surface area contributed by atoms with Gasteiger partial charge in [-0.05, 0) is 36.6 Å². The van der Waals surface area contributed by atoms with Crippen LogP contribution >= 0.6 is 11.3 Å². The van der Waals surface area contributed by atoms with E-state index in [1.165, 1.54) is 29.7 Å². The van der Waals surface area contributed by atoms with Gasteiger partial charge >= 0.3 is 0 Å². The van der Waals surface area contributed by atoms with Crippen LogP contribution in [0.3, 0.4) is 0 Å². The Morgan fingerprint density at radius 2 is 1.91 bits per heavy atom. The van der Waals surface area contributed by atoms with Crippen molar-refractivity contribution in [1.82, 2.24) is 15.1 Å². The summed E-state index contributed by atoms with van der Waals surface area (Å²) in [6.07, 6.45) is 4.66. The summed E-state index contributed by atoms with van der Waals surface area (Å²) < 4.78 is 7.22. The smallest absolute Gasteiger partial charge is 0.261 e. The number of nitrogens with zero attached hydrogens (tertiary/aromatic N) is 2. The molecule has 0 radical (unpaired) electrons. The van der Waals surface area contributed by atoms with E-state index in [1.54, 1.807) is 7.11 Å². The van der Waals surface area contributed by atoms with Gasteiger partial charge in [0.25, 0.3) is 5.91 Å². The molecule has 2 heterocycles. The van der Waals surface area contributed by atoms with Crippen LogP contribution in [0, 0.1) is 0 Å². The zero-order chi connectivity index (χ0) is 22.1. The highest BCUT2D eigenvalue weighted by Crippen LogP contribution is 2.41. The fraction of sp³-hybridized carbons (Fsp3) is 0.308. The average molecular weight is 446 g/mol. The number of methoxy groups -OCH3 is 1. The zero-order valence-electron chi connectivity index (χ0n) is 18.4. The molecule has 0 unspecified atom stereocenters. The lowest BCUT2D eigenvalue weighted by Crippen LogP contribution is -2.38. The van der Waals surface area contributed by atoms with Crippen LogP contribution in [0.2, 0.25) is 0 Å². The lowest BCUT2D eigenvalue weighted by Gasteiger charge is -2.30. The standard InChI is InChI=1S/C26H27N3O2S/c1-29-25-21(23(28-29)18-9-8-12-20(15-18)31-2)16-22(32-25)24(30)27-17-26(13-6-7-14-26)19-10-4-3-5-11-19/h3-5,8-12,15-16H,6-7,13-14,17H2,1-2H3,(H,27,30). The van der Waals surface area contributed by atoms with Crippen LogP contribution < -0.4 is 10.1 Å². The fourth-order valence-corrected chi connectivity index (χ4v) is 5.87. The fourth-order valence-electron chi connectivity index (χ4n) is 4.88. The molecule has 2 aromatic carbocycles. The molecule has 1 aliphatic rings. The highest BCUT2D eigenvalue weighted by molar-refractivity contribution is 7.20. The molecule has 0 atom stereocenters. The van der Waals surface area contributed by atoms with E-state index in [2.05, 4.69) is 35.6 Å². The minimum Gasteiger partial charge on any atom is -0.497 e. The Labute approximate surface area is 192 Å². The monoisotopic (exact) mass is 445 g/mol. The number of carbonyl (C=O) groups excluding carboxylic acids is 1. The number of hydrogen-bond acceptors (Lipinski definition) is 4. The van der Waals surface area contributed by atoms with Crippen molar-refractivity contribution in [2.24, 2.45) is 7.05 Å². The van der Waals surface area contributed by atoms with Crippen LogP contribution in [0.4, 0.5) is 0 Å². The number of aryl methyl sites for hydroxylation is 1. The van der Waals surface area contributed by atoms with Gasteiger partial charge in [-0.3, -0.25) is 9.48 Å². The Morgan fingerprint density at radius 3 is 2.66 bits per heavy atom. The summed E-state index contributed by atoms with van der Waals surface area (Å²) in [6, 6.07) is 20.5. The summed E-state index contributed by atoms with van der Waals surface area (Å²) in [4.78, 5) is 14.9. The molecule has 1 fully saturated rings. The Hall–Kier alpha value is -3.12. The number of hydrogen-bond donors (Lipinski definition) is 1. The van der Waals surface area contributed by atoms with Crippen LogP contribution in [0.15, 0.2) is 60.7 Å². The molecule has 32 heavy (non-hydrogen) atoms. The van der Waals surface area contributed by atoms with Crippen molar-refractivity contribution >= 4 is 27.5 Å². The Balaban J connectivity index is 1.41. The first-order valence-corrected chi connectivity index (χ1v) is 11.9. The van der Waals surface area contributed by atoms with Crippen molar-refractivity contribution in [2.75, 3.05) is 13.7 Å². The van der Waals surface area contributed by atoms with Crippen molar-refractivity contribution < 1.29 is 9.53 Å². The number of ether oxygens (including phenoxy) is 1. The van der Waals surface area contributed by atoms with Crippen molar-refractivity contribution in [3.63, 3.8) is 0 Å². The minimum atomic E-state index is -0.00926. The normalized spacial score (nSPS) is 15.2. The predicted octanol–water partition coefficient (Wildman–Crippen LogP) is 5.55. The van der Waals surface area contributed by atoms with Gasteiger partial charge in [-0.15, -0.1) is 11.3 Å². The third-order valence-corrected chi connectivity index (χ3v) is 7.81. The SMILES string of the molecule is COc1cccc(-c2nn(C)c3sc(C(=O)NCC4(c5ccccc5)CCCC4)cc23)c1. The first kappa shape index (κ1) is 20.8. The molecule has 0 bridgehead atoms. The molecule has 1 aliphatic carbocycles. The van der Waals surface area contributed by atoms with Gasteiger partial charge < -0.3 is 10.1 Å². The molecule has 2 aromatic heterocycles. The van der Waals surface area contributed by atoms with E-state index in [4.69, 9.17) is 9.84 Å². The summed E-state index contributed by atoms with van der Waals surface area (Å²) in [5, 5.41) is 8.94. The van der Waals surface area contributed by atoms with Gasteiger partial charge in [0.05, 0.1) is 12.0 Å². The number of benzene rings is 2. The summed E-state index contributed by atoms with van der Waals surface area (Å²) in [7, 11) is 3.58.